The molecule has 2 amide bonds. The van der Waals surface area contributed by atoms with Gasteiger partial charge in [0.25, 0.3) is 11.1 Å². The van der Waals surface area contributed by atoms with Crippen molar-refractivity contribution >= 4 is 40.0 Å². The number of carbonyl (C=O) groups excluding carboxylic acids is 2. The van der Waals surface area contributed by atoms with Gasteiger partial charge in [-0.25, -0.2) is 4.98 Å². The number of amides is 2. The molecule has 170 valence electrons. The molecule has 2 aromatic carbocycles. The van der Waals surface area contributed by atoms with E-state index in [1.165, 1.54) is 0 Å². The molecule has 2 aromatic heterocycles. The minimum Gasteiger partial charge on any atom is -0.497 e. The van der Waals surface area contributed by atoms with E-state index in [9.17, 15) is 9.59 Å². The Morgan fingerprint density at radius 1 is 1.03 bits per heavy atom. The molecule has 4 aromatic rings. The third-order valence-corrected chi connectivity index (χ3v) is 6.05. The van der Waals surface area contributed by atoms with Crippen molar-refractivity contribution in [2.45, 2.75) is 6.54 Å². The zero-order valence-electron chi connectivity index (χ0n) is 18.2. The summed E-state index contributed by atoms with van der Waals surface area (Å²) in [5.74, 6) is 1.15. The summed E-state index contributed by atoms with van der Waals surface area (Å²) in [5.41, 5.74) is 3.20. The second kappa shape index (κ2) is 8.99. The third-order valence-electron chi connectivity index (χ3n) is 5.14. The zero-order chi connectivity index (χ0) is 23.7. The van der Waals surface area contributed by atoms with Crippen LogP contribution in [0.3, 0.4) is 0 Å². The molecular weight excluding hydrogens is 456 g/mol. The van der Waals surface area contributed by atoms with E-state index < -0.39 is 11.1 Å². The molecule has 10 heteroatoms. The summed E-state index contributed by atoms with van der Waals surface area (Å²) in [6.07, 6.45) is 3.14. The van der Waals surface area contributed by atoms with Gasteiger partial charge in [0.1, 0.15) is 17.2 Å². The van der Waals surface area contributed by atoms with E-state index in [-0.39, 0.29) is 11.4 Å². The van der Waals surface area contributed by atoms with Gasteiger partial charge in [0.05, 0.1) is 48.6 Å². The van der Waals surface area contributed by atoms with Crippen LogP contribution in [0.1, 0.15) is 11.5 Å². The molecule has 5 rings (SSSR count). The molecule has 0 aliphatic carbocycles. The molecule has 1 saturated heterocycles. The molecule has 3 heterocycles. The number of ether oxygens (including phenoxy) is 2. The summed E-state index contributed by atoms with van der Waals surface area (Å²) in [4.78, 5) is 35.7. The summed E-state index contributed by atoms with van der Waals surface area (Å²) < 4.78 is 16.0. The average molecular weight is 474 g/mol. The minimum atomic E-state index is -0.425. The fourth-order valence-corrected chi connectivity index (χ4v) is 4.27. The van der Waals surface area contributed by atoms with Gasteiger partial charge in [0, 0.05) is 17.7 Å². The van der Waals surface area contributed by atoms with E-state index in [1.807, 2.05) is 24.3 Å². The van der Waals surface area contributed by atoms with Gasteiger partial charge in [0.15, 0.2) is 5.76 Å². The van der Waals surface area contributed by atoms with Crippen molar-refractivity contribution in [1.29, 1.82) is 0 Å². The van der Waals surface area contributed by atoms with Crippen molar-refractivity contribution in [3.63, 3.8) is 0 Å². The number of benzene rings is 2. The smallest absolute Gasteiger partial charge is 0.293 e. The molecule has 34 heavy (non-hydrogen) atoms. The number of methoxy groups -OCH3 is 2. The number of imide groups is 1. The maximum Gasteiger partial charge on any atom is 0.293 e. The lowest BCUT2D eigenvalue weighted by Gasteiger charge is -2.09. The van der Waals surface area contributed by atoms with Crippen molar-refractivity contribution in [2.75, 3.05) is 14.2 Å². The lowest BCUT2D eigenvalue weighted by Crippen LogP contribution is -2.27. The fourth-order valence-electron chi connectivity index (χ4n) is 3.45. The highest BCUT2D eigenvalue weighted by atomic mass is 32.2. The summed E-state index contributed by atoms with van der Waals surface area (Å²) >= 11 is 0.850. The van der Waals surface area contributed by atoms with Gasteiger partial charge in [-0.1, -0.05) is 17.3 Å². The normalized spacial score (nSPS) is 14.9. The molecule has 9 nitrogen and oxygen atoms in total. The number of thioether (sulfide) groups is 1. The Hall–Kier alpha value is -4.18. The number of fused-ring (bicyclic) bond motifs is 1. The molecule has 0 atom stereocenters. The molecule has 0 unspecified atom stereocenters. The molecule has 1 aliphatic heterocycles. The zero-order valence-corrected chi connectivity index (χ0v) is 19.0. The minimum absolute atomic E-state index is 0.0422. The molecule has 0 saturated carbocycles. The number of aromatic nitrogens is 3. The van der Waals surface area contributed by atoms with Crippen LogP contribution in [0.4, 0.5) is 4.79 Å². The molecule has 0 bridgehead atoms. The summed E-state index contributed by atoms with van der Waals surface area (Å²) in [6, 6.07) is 14.4. The predicted octanol–water partition coefficient (Wildman–Crippen LogP) is 4.54. The number of hydrogen-bond acceptors (Lipinski definition) is 9. The first kappa shape index (κ1) is 21.7. The van der Waals surface area contributed by atoms with Crippen LogP contribution >= 0.6 is 11.8 Å². The predicted molar refractivity (Wildman–Crippen MR) is 126 cm³/mol. The monoisotopic (exact) mass is 474 g/mol. The number of carbonyl (C=O) groups is 2. The highest BCUT2D eigenvalue weighted by Crippen LogP contribution is 2.34. The lowest BCUT2D eigenvalue weighted by atomic mass is 10.1. The molecule has 1 fully saturated rings. The summed E-state index contributed by atoms with van der Waals surface area (Å²) in [6.45, 7) is -0.0422. The standard InChI is InChI=1S/C24H18N4O5S/c1-31-16-7-14(8-17(10-16)32-2)21-11-18(33-27-21)13-28-23(29)22(34-24(28)30)9-15-12-25-19-5-3-4-6-20(19)26-15/h3-12H,13H2,1-2H3/b22-9-. The van der Waals surface area contributed by atoms with Crippen molar-refractivity contribution in [3.8, 4) is 22.8 Å². The van der Waals surface area contributed by atoms with Gasteiger partial charge in [-0.2, -0.15) is 0 Å². The van der Waals surface area contributed by atoms with Crippen molar-refractivity contribution in [1.82, 2.24) is 20.0 Å². The second-order valence-corrected chi connectivity index (χ2v) is 8.32. The first-order valence-corrected chi connectivity index (χ1v) is 11.0. The van der Waals surface area contributed by atoms with Gasteiger partial charge in [0.2, 0.25) is 0 Å². The Bertz CT molecular complexity index is 1430. The summed E-state index contributed by atoms with van der Waals surface area (Å²) in [5, 5.41) is 3.67. The van der Waals surface area contributed by atoms with E-state index in [1.54, 1.807) is 50.8 Å². The van der Waals surface area contributed by atoms with Gasteiger partial charge >= 0.3 is 0 Å². The Morgan fingerprint density at radius 2 is 1.76 bits per heavy atom. The highest BCUT2D eigenvalue weighted by Gasteiger charge is 2.36. The Kier molecular flexibility index (Phi) is 5.72. The van der Waals surface area contributed by atoms with Crippen LogP contribution < -0.4 is 9.47 Å². The van der Waals surface area contributed by atoms with E-state index in [2.05, 4.69) is 15.1 Å². The molecule has 1 aliphatic rings. The molecule has 0 spiro atoms. The Labute approximate surface area is 198 Å². The van der Waals surface area contributed by atoms with Gasteiger partial charge in [-0.05, 0) is 42.1 Å². The van der Waals surface area contributed by atoms with Crippen LogP contribution in [0.5, 0.6) is 11.5 Å². The van der Waals surface area contributed by atoms with Gasteiger partial charge in [-0.3, -0.25) is 19.5 Å². The average Bonchev–Trinajstić information content (AvgIpc) is 3.44. The van der Waals surface area contributed by atoms with Crippen molar-refractivity contribution in [3.05, 3.63) is 71.1 Å². The summed E-state index contributed by atoms with van der Waals surface area (Å²) in [7, 11) is 3.12. The SMILES string of the molecule is COc1cc(OC)cc(-c2cc(CN3C(=O)S/C(=C\c4cnc5ccccc5n4)C3=O)on2)c1. The van der Waals surface area contributed by atoms with Crippen LogP contribution in [0.15, 0.2) is 64.2 Å². The first-order valence-electron chi connectivity index (χ1n) is 10.2. The second-order valence-electron chi connectivity index (χ2n) is 7.33. The van der Waals surface area contributed by atoms with Crippen LogP contribution in [-0.2, 0) is 11.3 Å². The Balaban J connectivity index is 1.35. The first-order chi connectivity index (χ1) is 16.5. The van der Waals surface area contributed by atoms with E-state index in [4.69, 9.17) is 14.0 Å². The van der Waals surface area contributed by atoms with E-state index in [0.717, 1.165) is 27.7 Å². The molecule has 0 N–H and O–H groups in total. The number of rotatable bonds is 6. The molecule has 0 radical (unpaired) electrons. The van der Waals surface area contributed by atoms with E-state index in [0.29, 0.717) is 34.2 Å². The maximum atomic E-state index is 12.9. The van der Waals surface area contributed by atoms with Crippen LogP contribution in [-0.4, -0.2) is 45.4 Å². The topological polar surface area (TPSA) is 108 Å². The lowest BCUT2D eigenvalue weighted by molar-refractivity contribution is -0.123. The Morgan fingerprint density at radius 3 is 2.50 bits per heavy atom. The van der Waals surface area contributed by atoms with E-state index >= 15 is 0 Å². The van der Waals surface area contributed by atoms with Gasteiger partial charge < -0.3 is 14.0 Å². The largest absolute Gasteiger partial charge is 0.497 e. The molecular formula is C24H18N4O5S. The van der Waals surface area contributed by atoms with Crippen LogP contribution in [0.25, 0.3) is 28.4 Å². The third kappa shape index (κ3) is 4.23. The van der Waals surface area contributed by atoms with Crippen LogP contribution in [0.2, 0.25) is 0 Å². The quantitative estimate of drug-likeness (QED) is 0.372. The van der Waals surface area contributed by atoms with Gasteiger partial charge in [-0.15, -0.1) is 0 Å². The maximum absolute atomic E-state index is 12.9. The fraction of sp³-hybridized carbons (Fsp3) is 0.125. The van der Waals surface area contributed by atoms with Crippen LogP contribution in [0, 0.1) is 0 Å². The number of hydrogen-bond donors (Lipinski definition) is 0. The van der Waals surface area contributed by atoms with Crippen molar-refractivity contribution < 1.29 is 23.6 Å². The number of nitrogens with zero attached hydrogens (tertiary/aromatic N) is 4. The number of para-hydroxylation sites is 2. The highest BCUT2D eigenvalue weighted by molar-refractivity contribution is 8.18. The van der Waals surface area contributed by atoms with Crippen molar-refractivity contribution in [2.24, 2.45) is 0 Å².